The van der Waals surface area contributed by atoms with Gasteiger partial charge in [-0.3, -0.25) is 4.99 Å². The minimum Gasteiger partial charge on any atom is -0.507 e. The molecule has 0 atom stereocenters. The van der Waals surface area contributed by atoms with E-state index in [1.807, 2.05) is 13.8 Å². The normalized spacial score (nSPS) is 11.6. The van der Waals surface area contributed by atoms with Crippen LogP contribution in [0, 0.1) is 13.8 Å². The lowest BCUT2D eigenvalue weighted by Crippen LogP contribution is -1.92. The molecule has 0 bridgehead atoms. The van der Waals surface area contributed by atoms with Crippen molar-refractivity contribution in [1.29, 1.82) is 0 Å². The summed E-state index contributed by atoms with van der Waals surface area (Å²) in [6.45, 7) is 3.69. The van der Waals surface area contributed by atoms with Crippen LogP contribution < -0.4 is 0 Å². The molecule has 1 N–H and O–H groups in total. The molecule has 4 nitrogen and oxygen atoms in total. The average Bonchev–Trinajstić information content (AvgIpc) is 3.09. The molecule has 0 aliphatic carbocycles. The first kappa shape index (κ1) is 19.8. The van der Waals surface area contributed by atoms with E-state index < -0.39 is 0 Å². The molecule has 0 saturated carbocycles. The first-order valence-corrected chi connectivity index (χ1v) is 9.85. The number of fused-ring (bicyclic) bond motifs is 1. The Bertz CT molecular complexity index is 1280. The summed E-state index contributed by atoms with van der Waals surface area (Å²) < 4.78 is 5.81. The molecule has 0 aliphatic heterocycles. The van der Waals surface area contributed by atoms with Gasteiger partial charge in [0, 0.05) is 21.8 Å². The van der Waals surface area contributed by atoms with Crippen LogP contribution in [0.4, 0.5) is 5.69 Å². The first-order valence-electron chi connectivity index (χ1n) is 8.72. The maximum absolute atomic E-state index is 10.2. The van der Waals surface area contributed by atoms with Gasteiger partial charge in [-0.1, -0.05) is 34.8 Å². The Labute approximate surface area is 182 Å². The molecule has 4 aromatic rings. The molecule has 0 aliphatic rings. The lowest BCUT2D eigenvalue weighted by Gasteiger charge is -2.08. The molecule has 0 spiro atoms. The van der Waals surface area contributed by atoms with Gasteiger partial charge in [-0.2, -0.15) is 0 Å². The van der Waals surface area contributed by atoms with Crippen LogP contribution >= 0.6 is 34.8 Å². The van der Waals surface area contributed by atoms with Crippen molar-refractivity contribution in [2.45, 2.75) is 13.8 Å². The van der Waals surface area contributed by atoms with Gasteiger partial charge in [-0.15, -0.1) is 0 Å². The number of benzene rings is 3. The quantitative estimate of drug-likeness (QED) is 0.332. The molecule has 1 aromatic heterocycles. The molecule has 7 heteroatoms. The highest BCUT2D eigenvalue weighted by atomic mass is 35.5. The summed E-state index contributed by atoms with van der Waals surface area (Å²) in [5.41, 5.74) is 4.74. The Kier molecular flexibility index (Phi) is 5.26. The van der Waals surface area contributed by atoms with Crippen LogP contribution in [0.2, 0.25) is 15.1 Å². The molecule has 0 radical (unpaired) electrons. The van der Waals surface area contributed by atoms with Gasteiger partial charge in [-0.25, -0.2) is 4.98 Å². The summed E-state index contributed by atoms with van der Waals surface area (Å²) in [7, 11) is 0. The van der Waals surface area contributed by atoms with E-state index in [0.29, 0.717) is 48.9 Å². The van der Waals surface area contributed by atoms with Gasteiger partial charge in [0.25, 0.3) is 0 Å². The Morgan fingerprint density at radius 2 is 1.83 bits per heavy atom. The fourth-order valence-electron chi connectivity index (χ4n) is 3.03. The number of phenolic OH excluding ortho intramolecular Hbond substituents is 1. The molecule has 3 aromatic carbocycles. The molecule has 4 rings (SSSR count). The number of oxazole rings is 1. The number of rotatable bonds is 3. The summed E-state index contributed by atoms with van der Waals surface area (Å²) in [6.07, 6.45) is 1.59. The zero-order chi connectivity index (χ0) is 20.7. The highest BCUT2D eigenvalue weighted by Crippen LogP contribution is 2.33. The smallest absolute Gasteiger partial charge is 0.228 e. The van der Waals surface area contributed by atoms with E-state index in [0.717, 1.165) is 11.1 Å². The van der Waals surface area contributed by atoms with Gasteiger partial charge < -0.3 is 9.52 Å². The van der Waals surface area contributed by atoms with Gasteiger partial charge in [0.1, 0.15) is 11.3 Å². The number of nitrogens with zero attached hydrogens (tertiary/aromatic N) is 2. The number of aromatic hydroxyl groups is 1. The van der Waals surface area contributed by atoms with Crippen LogP contribution in [0.1, 0.15) is 16.7 Å². The second kappa shape index (κ2) is 7.71. The maximum Gasteiger partial charge on any atom is 0.228 e. The van der Waals surface area contributed by atoms with Crippen LogP contribution in [-0.4, -0.2) is 16.3 Å². The van der Waals surface area contributed by atoms with Gasteiger partial charge in [0.15, 0.2) is 5.58 Å². The lowest BCUT2D eigenvalue weighted by atomic mass is 10.0. The number of hydrogen-bond donors (Lipinski definition) is 1. The Balaban J connectivity index is 1.70. The van der Waals surface area contributed by atoms with Crippen molar-refractivity contribution in [3.05, 3.63) is 74.2 Å². The Morgan fingerprint density at radius 3 is 2.59 bits per heavy atom. The Hall–Kier alpha value is -2.53. The molecule has 0 unspecified atom stereocenters. The fraction of sp³-hybridized carbons (Fsp3) is 0.0909. The maximum atomic E-state index is 10.2. The summed E-state index contributed by atoms with van der Waals surface area (Å²) in [4.78, 5) is 8.97. The third kappa shape index (κ3) is 3.84. The molecule has 0 amide bonds. The molecular weight excluding hydrogens is 431 g/mol. The van der Waals surface area contributed by atoms with E-state index in [1.165, 1.54) is 0 Å². The fourth-order valence-corrected chi connectivity index (χ4v) is 3.67. The number of aliphatic imine (C=N–C) groups is 1. The molecule has 0 fully saturated rings. The van der Waals surface area contributed by atoms with Gasteiger partial charge >= 0.3 is 0 Å². The standard InChI is InChI=1S/C22H15Cl3N2O2/c1-11-7-19(28)16(12(2)21(11)25)10-26-14-4-6-20-18(9-14)27-22(29-20)15-5-3-13(23)8-17(15)24/h3-10,28H,1-2H3. The van der Waals surface area contributed by atoms with Crippen molar-refractivity contribution in [2.75, 3.05) is 0 Å². The van der Waals surface area contributed by atoms with E-state index in [2.05, 4.69) is 9.98 Å². The minimum absolute atomic E-state index is 0.135. The average molecular weight is 446 g/mol. The number of halogens is 3. The number of phenols is 1. The molecule has 0 saturated heterocycles. The molecule has 1 heterocycles. The SMILES string of the molecule is Cc1cc(O)c(C=Nc2ccc3oc(-c4ccc(Cl)cc4Cl)nc3c2)c(C)c1Cl. The monoisotopic (exact) mass is 444 g/mol. The van der Waals surface area contributed by atoms with Crippen LogP contribution in [-0.2, 0) is 0 Å². The molecule has 29 heavy (non-hydrogen) atoms. The highest BCUT2D eigenvalue weighted by Gasteiger charge is 2.13. The first-order chi connectivity index (χ1) is 13.8. The van der Waals surface area contributed by atoms with E-state index in [1.54, 1.807) is 48.7 Å². The number of aromatic nitrogens is 1. The van der Waals surface area contributed by atoms with E-state index in [9.17, 15) is 5.11 Å². The van der Waals surface area contributed by atoms with Crippen molar-refractivity contribution in [3.8, 4) is 17.2 Å². The largest absolute Gasteiger partial charge is 0.507 e. The molecular formula is C22H15Cl3N2O2. The number of hydrogen-bond acceptors (Lipinski definition) is 4. The predicted molar refractivity (Wildman–Crippen MR) is 119 cm³/mol. The van der Waals surface area contributed by atoms with Gasteiger partial charge in [-0.05, 0) is 67.4 Å². The highest BCUT2D eigenvalue weighted by molar-refractivity contribution is 6.36. The van der Waals surface area contributed by atoms with E-state index in [4.69, 9.17) is 39.2 Å². The topological polar surface area (TPSA) is 58.6 Å². The van der Waals surface area contributed by atoms with Crippen molar-refractivity contribution in [3.63, 3.8) is 0 Å². The summed E-state index contributed by atoms with van der Waals surface area (Å²) in [5.74, 6) is 0.539. The second-order valence-corrected chi connectivity index (χ2v) is 7.84. The van der Waals surface area contributed by atoms with Crippen LogP contribution in [0.15, 0.2) is 51.9 Å². The van der Waals surface area contributed by atoms with E-state index in [-0.39, 0.29) is 5.75 Å². The predicted octanol–water partition coefficient (Wildman–Crippen LogP) is 7.53. The van der Waals surface area contributed by atoms with Crippen molar-refractivity contribution < 1.29 is 9.52 Å². The van der Waals surface area contributed by atoms with Gasteiger partial charge in [0.2, 0.25) is 5.89 Å². The summed E-state index contributed by atoms with van der Waals surface area (Å²) >= 11 is 18.5. The van der Waals surface area contributed by atoms with Crippen LogP contribution in [0.5, 0.6) is 5.75 Å². The molecule has 146 valence electrons. The van der Waals surface area contributed by atoms with Crippen LogP contribution in [0.3, 0.4) is 0 Å². The van der Waals surface area contributed by atoms with Crippen molar-refractivity contribution >= 4 is 57.8 Å². The van der Waals surface area contributed by atoms with Crippen LogP contribution in [0.25, 0.3) is 22.6 Å². The third-order valence-electron chi connectivity index (χ3n) is 4.58. The minimum atomic E-state index is 0.135. The number of aryl methyl sites for hydroxylation is 1. The zero-order valence-electron chi connectivity index (χ0n) is 15.5. The second-order valence-electron chi connectivity index (χ2n) is 6.62. The Morgan fingerprint density at radius 1 is 1.03 bits per heavy atom. The van der Waals surface area contributed by atoms with E-state index >= 15 is 0 Å². The summed E-state index contributed by atoms with van der Waals surface area (Å²) in [6, 6.07) is 12.2. The third-order valence-corrected chi connectivity index (χ3v) is 5.71. The zero-order valence-corrected chi connectivity index (χ0v) is 17.8. The van der Waals surface area contributed by atoms with Crippen molar-refractivity contribution in [2.24, 2.45) is 4.99 Å². The van der Waals surface area contributed by atoms with Crippen molar-refractivity contribution in [1.82, 2.24) is 4.98 Å². The lowest BCUT2D eigenvalue weighted by molar-refractivity contribution is 0.473. The summed E-state index contributed by atoms with van der Waals surface area (Å²) in [5, 5.41) is 11.8. The van der Waals surface area contributed by atoms with Gasteiger partial charge in [0.05, 0.1) is 16.3 Å².